The van der Waals surface area contributed by atoms with E-state index in [0.29, 0.717) is 12.4 Å². The lowest BCUT2D eigenvalue weighted by atomic mass is 10.5. The number of carbonyl (C=O) groups excluding carboxylic acids is 1. The van der Waals surface area contributed by atoms with Gasteiger partial charge in [-0.15, -0.1) is 0 Å². The predicted octanol–water partition coefficient (Wildman–Crippen LogP) is 0.482. The van der Waals surface area contributed by atoms with Crippen LogP contribution in [0.15, 0.2) is 24.8 Å². The van der Waals surface area contributed by atoms with Crippen LogP contribution in [0, 0.1) is 0 Å². The molecule has 0 radical (unpaired) electrons. The van der Waals surface area contributed by atoms with Crippen LogP contribution in [-0.2, 0) is 18.4 Å². The van der Waals surface area contributed by atoms with E-state index in [-0.39, 0.29) is 0 Å². The second-order valence-electron chi connectivity index (χ2n) is 2.93. The zero-order chi connectivity index (χ0) is 9.97. The molecule has 0 unspecified atom stereocenters. The molecule has 0 spiro atoms. The summed E-state index contributed by atoms with van der Waals surface area (Å²) in [6.07, 6.45) is 7.81. The summed E-state index contributed by atoms with van der Waals surface area (Å²) in [5.74, 6) is 1.47. The molecule has 0 saturated heterocycles. The molecule has 0 fully saturated rings. The molecule has 0 aromatic carbocycles. The maximum Gasteiger partial charge on any atom is 0.176 e. The van der Waals surface area contributed by atoms with E-state index in [1.807, 2.05) is 17.8 Å². The van der Waals surface area contributed by atoms with Crippen molar-refractivity contribution in [3.63, 3.8) is 0 Å². The molecule has 5 heteroatoms. The van der Waals surface area contributed by atoms with Gasteiger partial charge in [-0.1, -0.05) is 0 Å². The van der Waals surface area contributed by atoms with Crippen LogP contribution in [0.25, 0.3) is 11.6 Å². The molecule has 0 saturated carbocycles. The Bertz CT molecular complexity index is 443. The number of hydrogen-bond acceptors (Lipinski definition) is 3. The summed E-state index contributed by atoms with van der Waals surface area (Å²) in [7, 11) is 1.89. The highest BCUT2D eigenvalue weighted by molar-refractivity contribution is 5.53. The maximum atomic E-state index is 10.4. The summed E-state index contributed by atoms with van der Waals surface area (Å²) in [5, 5.41) is 0. The van der Waals surface area contributed by atoms with Gasteiger partial charge in [0.2, 0.25) is 0 Å². The molecule has 2 aromatic rings. The Hall–Kier alpha value is -1.91. The summed E-state index contributed by atoms with van der Waals surface area (Å²) < 4.78 is 3.62. The lowest BCUT2D eigenvalue weighted by molar-refractivity contribution is -0.108. The normalized spacial score (nSPS) is 10.4. The fraction of sp³-hybridized carbons (Fsp3) is 0.222. The lowest BCUT2D eigenvalue weighted by Crippen LogP contribution is -2.03. The molecule has 5 nitrogen and oxygen atoms in total. The van der Waals surface area contributed by atoms with Crippen LogP contribution in [0.5, 0.6) is 0 Å². The van der Waals surface area contributed by atoms with Crippen molar-refractivity contribution >= 4 is 6.29 Å². The van der Waals surface area contributed by atoms with Crippen molar-refractivity contribution in [2.45, 2.75) is 6.54 Å². The van der Waals surface area contributed by atoms with Gasteiger partial charge in [0.15, 0.2) is 11.6 Å². The van der Waals surface area contributed by atoms with Gasteiger partial charge in [0.05, 0.1) is 6.54 Å². The summed E-state index contributed by atoms with van der Waals surface area (Å²) in [6, 6.07) is 0. The van der Waals surface area contributed by atoms with E-state index >= 15 is 0 Å². The Morgan fingerprint density at radius 1 is 1.29 bits per heavy atom. The largest absolute Gasteiger partial charge is 0.331 e. The minimum Gasteiger partial charge on any atom is -0.331 e. The Labute approximate surface area is 81.0 Å². The minimum atomic E-state index is 0.308. The molecule has 0 bridgehead atoms. The van der Waals surface area contributed by atoms with Gasteiger partial charge in [-0.2, -0.15) is 0 Å². The summed E-state index contributed by atoms with van der Waals surface area (Å²) in [5.41, 5.74) is 0. The third kappa shape index (κ3) is 1.32. The number of aryl methyl sites for hydroxylation is 1. The van der Waals surface area contributed by atoms with E-state index in [4.69, 9.17) is 0 Å². The third-order valence-corrected chi connectivity index (χ3v) is 2.01. The highest BCUT2D eigenvalue weighted by Gasteiger charge is 2.09. The number of rotatable bonds is 3. The summed E-state index contributed by atoms with van der Waals surface area (Å²) in [4.78, 5) is 18.7. The first-order chi connectivity index (χ1) is 6.83. The van der Waals surface area contributed by atoms with Gasteiger partial charge in [-0.3, -0.25) is 0 Å². The van der Waals surface area contributed by atoms with Gasteiger partial charge >= 0.3 is 0 Å². The van der Waals surface area contributed by atoms with Crippen molar-refractivity contribution in [3.05, 3.63) is 24.8 Å². The fourth-order valence-electron chi connectivity index (χ4n) is 1.32. The highest BCUT2D eigenvalue weighted by Crippen LogP contribution is 2.13. The molecule has 2 rings (SSSR count). The molecule has 0 atom stereocenters. The molecule has 0 aliphatic rings. The first kappa shape index (κ1) is 8.68. The zero-order valence-corrected chi connectivity index (χ0v) is 7.79. The van der Waals surface area contributed by atoms with Crippen molar-refractivity contribution in [2.75, 3.05) is 0 Å². The van der Waals surface area contributed by atoms with Crippen molar-refractivity contribution in [1.82, 2.24) is 19.1 Å². The van der Waals surface area contributed by atoms with Gasteiger partial charge in [0.1, 0.15) is 6.29 Å². The van der Waals surface area contributed by atoms with E-state index in [9.17, 15) is 4.79 Å². The Morgan fingerprint density at radius 2 is 2.00 bits per heavy atom. The monoisotopic (exact) mass is 190 g/mol. The molecule has 0 N–H and O–H groups in total. The number of aromatic nitrogens is 4. The van der Waals surface area contributed by atoms with Gasteiger partial charge in [0.25, 0.3) is 0 Å². The topological polar surface area (TPSA) is 52.7 Å². The van der Waals surface area contributed by atoms with Crippen LogP contribution in [0.2, 0.25) is 0 Å². The number of imidazole rings is 2. The molecule has 0 aliphatic heterocycles. The van der Waals surface area contributed by atoms with Crippen molar-refractivity contribution in [2.24, 2.45) is 7.05 Å². The second-order valence-corrected chi connectivity index (χ2v) is 2.93. The van der Waals surface area contributed by atoms with Crippen molar-refractivity contribution < 1.29 is 4.79 Å². The second kappa shape index (κ2) is 3.45. The Morgan fingerprint density at radius 3 is 2.64 bits per heavy atom. The number of aldehydes is 1. The van der Waals surface area contributed by atoms with Crippen LogP contribution in [0.3, 0.4) is 0 Å². The van der Waals surface area contributed by atoms with E-state index in [2.05, 4.69) is 9.97 Å². The Kier molecular flexibility index (Phi) is 2.14. The average Bonchev–Trinajstić information content (AvgIpc) is 2.74. The Balaban J connectivity index is 2.46. The summed E-state index contributed by atoms with van der Waals surface area (Å²) >= 11 is 0. The highest BCUT2D eigenvalue weighted by atomic mass is 16.1. The molecule has 2 aromatic heterocycles. The minimum absolute atomic E-state index is 0.308. The van der Waals surface area contributed by atoms with Crippen molar-refractivity contribution in [1.29, 1.82) is 0 Å². The summed E-state index contributed by atoms with van der Waals surface area (Å²) in [6.45, 7) is 0.308. The maximum absolute atomic E-state index is 10.4. The number of nitrogens with zero attached hydrogens (tertiary/aromatic N) is 4. The van der Waals surface area contributed by atoms with Gasteiger partial charge in [-0.25, -0.2) is 9.97 Å². The SMILES string of the molecule is Cn1ccnc1-c1nccn1CC=O. The molecule has 14 heavy (non-hydrogen) atoms. The van der Waals surface area contributed by atoms with Crippen LogP contribution < -0.4 is 0 Å². The smallest absolute Gasteiger partial charge is 0.176 e. The van der Waals surface area contributed by atoms with Crippen LogP contribution in [0.1, 0.15) is 0 Å². The van der Waals surface area contributed by atoms with Crippen molar-refractivity contribution in [3.8, 4) is 11.6 Å². The first-order valence-corrected chi connectivity index (χ1v) is 4.25. The molecule has 0 amide bonds. The van der Waals surface area contributed by atoms with Crippen LogP contribution >= 0.6 is 0 Å². The van der Waals surface area contributed by atoms with Gasteiger partial charge in [0, 0.05) is 31.8 Å². The van der Waals surface area contributed by atoms with E-state index in [0.717, 1.165) is 12.1 Å². The van der Waals surface area contributed by atoms with Crippen LogP contribution in [0.4, 0.5) is 0 Å². The molecular formula is C9H10N4O. The fourth-order valence-corrected chi connectivity index (χ4v) is 1.32. The molecule has 0 aliphatic carbocycles. The van der Waals surface area contributed by atoms with Gasteiger partial charge < -0.3 is 13.9 Å². The molecule has 2 heterocycles. The van der Waals surface area contributed by atoms with Gasteiger partial charge in [-0.05, 0) is 0 Å². The van der Waals surface area contributed by atoms with E-state index < -0.39 is 0 Å². The lowest BCUT2D eigenvalue weighted by Gasteiger charge is -2.03. The van der Waals surface area contributed by atoms with E-state index in [1.165, 1.54) is 0 Å². The third-order valence-electron chi connectivity index (χ3n) is 2.01. The molecule has 72 valence electrons. The number of carbonyl (C=O) groups is 1. The quantitative estimate of drug-likeness (QED) is 0.661. The van der Waals surface area contributed by atoms with Crippen LogP contribution in [-0.4, -0.2) is 25.4 Å². The zero-order valence-electron chi connectivity index (χ0n) is 7.79. The standard InChI is InChI=1S/C9H10N4O/c1-12-4-2-10-8(12)9-11-3-5-13(9)6-7-14/h2-5,7H,6H2,1H3. The number of hydrogen-bond donors (Lipinski definition) is 0. The molecular weight excluding hydrogens is 180 g/mol. The average molecular weight is 190 g/mol. The van der Waals surface area contributed by atoms with E-state index in [1.54, 1.807) is 23.2 Å². The predicted molar refractivity (Wildman–Crippen MR) is 50.5 cm³/mol. The first-order valence-electron chi connectivity index (χ1n) is 4.25.